The predicted molar refractivity (Wildman–Crippen MR) is 99.9 cm³/mol. The van der Waals surface area contributed by atoms with Gasteiger partial charge in [0, 0.05) is 5.56 Å². The molecule has 0 unspecified atom stereocenters. The Morgan fingerprint density at radius 1 is 1.04 bits per heavy atom. The van der Waals surface area contributed by atoms with Crippen molar-refractivity contribution in [3.63, 3.8) is 0 Å². The minimum Gasteiger partial charge on any atom is -0.497 e. The molecule has 0 aliphatic heterocycles. The summed E-state index contributed by atoms with van der Waals surface area (Å²) in [5.74, 6) is 0.431. The molecule has 3 rings (SSSR count). The van der Waals surface area contributed by atoms with Gasteiger partial charge in [0.25, 0.3) is 5.91 Å². The summed E-state index contributed by atoms with van der Waals surface area (Å²) >= 11 is 0. The molecule has 0 fully saturated rings. The van der Waals surface area contributed by atoms with Crippen molar-refractivity contribution in [1.82, 2.24) is 4.98 Å². The number of para-hydroxylation sites is 1. The molecule has 0 aliphatic carbocycles. The van der Waals surface area contributed by atoms with Crippen LogP contribution in [0.15, 0.2) is 66.9 Å². The van der Waals surface area contributed by atoms with Crippen LogP contribution in [0.2, 0.25) is 0 Å². The van der Waals surface area contributed by atoms with Crippen LogP contribution in [-0.4, -0.2) is 18.0 Å². The first-order valence-electron chi connectivity index (χ1n) is 8.21. The molecule has 0 saturated heterocycles. The Balaban J connectivity index is 1.71. The lowest BCUT2D eigenvalue weighted by molar-refractivity contribution is -0.136. The summed E-state index contributed by atoms with van der Waals surface area (Å²) in [5, 5.41) is 5.32. The van der Waals surface area contributed by atoms with Crippen molar-refractivity contribution in [3.8, 4) is 5.75 Å². The lowest BCUT2D eigenvalue weighted by atomic mass is 10.1. The fourth-order valence-corrected chi connectivity index (χ4v) is 2.49. The summed E-state index contributed by atoms with van der Waals surface area (Å²) in [6.07, 6.45) is -3.13. The van der Waals surface area contributed by atoms with E-state index in [4.69, 9.17) is 4.74 Å². The first-order valence-corrected chi connectivity index (χ1v) is 8.21. The number of nitrogens with zero attached hydrogens (tertiary/aromatic N) is 1. The monoisotopic (exact) mass is 387 g/mol. The summed E-state index contributed by atoms with van der Waals surface area (Å²) in [7, 11) is 1.50. The SMILES string of the molecule is COc1cccc(C(=O)Nc2ccc(Nc3ccccc3C(F)(F)F)cn2)c1. The molecule has 0 bridgehead atoms. The molecule has 0 spiro atoms. The van der Waals surface area contributed by atoms with Gasteiger partial charge in [0.05, 0.1) is 30.2 Å². The van der Waals surface area contributed by atoms with Gasteiger partial charge in [0.2, 0.25) is 0 Å². The van der Waals surface area contributed by atoms with E-state index in [0.717, 1.165) is 6.07 Å². The zero-order valence-corrected chi connectivity index (χ0v) is 14.7. The Morgan fingerprint density at radius 2 is 1.82 bits per heavy atom. The lowest BCUT2D eigenvalue weighted by Crippen LogP contribution is -2.13. The van der Waals surface area contributed by atoms with Gasteiger partial charge in [-0.05, 0) is 42.5 Å². The second kappa shape index (κ2) is 7.99. The number of carbonyl (C=O) groups is 1. The van der Waals surface area contributed by atoms with E-state index in [-0.39, 0.29) is 17.4 Å². The summed E-state index contributed by atoms with van der Waals surface area (Å²) in [6.45, 7) is 0. The van der Waals surface area contributed by atoms with Gasteiger partial charge in [-0.3, -0.25) is 4.79 Å². The molecule has 28 heavy (non-hydrogen) atoms. The molecule has 1 heterocycles. The number of hydrogen-bond donors (Lipinski definition) is 2. The van der Waals surface area contributed by atoms with Crippen LogP contribution >= 0.6 is 0 Å². The number of carbonyl (C=O) groups excluding carboxylic acids is 1. The Bertz CT molecular complexity index is 973. The molecule has 3 aromatic rings. The Morgan fingerprint density at radius 3 is 2.50 bits per heavy atom. The number of hydrogen-bond acceptors (Lipinski definition) is 4. The van der Waals surface area contributed by atoms with Crippen molar-refractivity contribution < 1.29 is 22.7 Å². The number of halogens is 3. The van der Waals surface area contributed by atoms with Crippen LogP contribution in [0.4, 0.5) is 30.4 Å². The van der Waals surface area contributed by atoms with E-state index in [1.807, 2.05) is 0 Å². The van der Waals surface area contributed by atoms with E-state index < -0.39 is 11.7 Å². The molecule has 0 atom stereocenters. The van der Waals surface area contributed by atoms with Crippen LogP contribution in [0, 0.1) is 0 Å². The van der Waals surface area contributed by atoms with Crippen molar-refractivity contribution >= 4 is 23.1 Å². The maximum atomic E-state index is 13.1. The minimum atomic E-state index is -4.47. The van der Waals surface area contributed by atoms with E-state index in [0.29, 0.717) is 17.0 Å². The average Bonchev–Trinajstić information content (AvgIpc) is 2.69. The molecular formula is C20H16F3N3O2. The van der Waals surface area contributed by atoms with Crippen LogP contribution in [0.5, 0.6) is 5.75 Å². The predicted octanol–water partition coefficient (Wildman–Crippen LogP) is 5.10. The third kappa shape index (κ3) is 4.59. The maximum Gasteiger partial charge on any atom is 0.418 e. The highest BCUT2D eigenvalue weighted by molar-refractivity contribution is 6.04. The molecule has 0 saturated carbocycles. The Hall–Kier alpha value is -3.55. The van der Waals surface area contributed by atoms with Crippen molar-refractivity contribution in [3.05, 3.63) is 78.0 Å². The summed E-state index contributed by atoms with van der Waals surface area (Å²) in [6, 6.07) is 14.8. The van der Waals surface area contributed by atoms with Crippen molar-refractivity contribution in [2.75, 3.05) is 17.7 Å². The number of benzene rings is 2. The van der Waals surface area contributed by atoms with Gasteiger partial charge >= 0.3 is 6.18 Å². The van der Waals surface area contributed by atoms with Crippen LogP contribution in [0.1, 0.15) is 15.9 Å². The maximum absolute atomic E-state index is 13.1. The quantitative estimate of drug-likeness (QED) is 0.639. The number of aromatic nitrogens is 1. The molecule has 8 heteroatoms. The van der Waals surface area contributed by atoms with E-state index in [9.17, 15) is 18.0 Å². The van der Waals surface area contributed by atoms with Gasteiger partial charge in [0.1, 0.15) is 11.6 Å². The molecule has 2 N–H and O–H groups in total. The molecule has 144 valence electrons. The van der Waals surface area contributed by atoms with E-state index in [1.165, 1.54) is 43.6 Å². The van der Waals surface area contributed by atoms with E-state index >= 15 is 0 Å². The highest BCUT2D eigenvalue weighted by Crippen LogP contribution is 2.35. The minimum absolute atomic E-state index is 0.0787. The molecule has 0 radical (unpaired) electrons. The summed E-state index contributed by atoms with van der Waals surface area (Å²) < 4.78 is 44.3. The number of nitrogens with one attached hydrogen (secondary N) is 2. The molecule has 2 aromatic carbocycles. The zero-order valence-electron chi connectivity index (χ0n) is 14.7. The van der Waals surface area contributed by atoms with E-state index in [2.05, 4.69) is 15.6 Å². The number of methoxy groups -OCH3 is 1. The molecular weight excluding hydrogens is 371 g/mol. The van der Waals surface area contributed by atoms with Crippen LogP contribution < -0.4 is 15.4 Å². The number of pyridine rings is 1. The van der Waals surface area contributed by atoms with Gasteiger partial charge in [-0.25, -0.2) is 4.98 Å². The van der Waals surface area contributed by atoms with E-state index in [1.54, 1.807) is 24.3 Å². The second-order valence-corrected chi connectivity index (χ2v) is 5.79. The van der Waals surface area contributed by atoms with Crippen molar-refractivity contribution in [1.29, 1.82) is 0 Å². The fraction of sp³-hybridized carbons (Fsp3) is 0.100. The lowest BCUT2D eigenvalue weighted by Gasteiger charge is -2.14. The number of anilines is 3. The van der Waals surface area contributed by atoms with Crippen molar-refractivity contribution in [2.45, 2.75) is 6.18 Å². The number of ether oxygens (including phenoxy) is 1. The van der Waals surface area contributed by atoms with Gasteiger partial charge in [-0.15, -0.1) is 0 Å². The second-order valence-electron chi connectivity index (χ2n) is 5.79. The fourth-order valence-electron chi connectivity index (χ4n) is 2.49. The number of rotatable bonds is 5. The topological polar surface area (TPSA) is 63.2 Å². The number of amides is 1. The van der Waals surface area contributed by atoms with Crippen LogP contribution in [0.25, 0.3) is 0 Å². The molecule has 1 amide bonds. The normalized spacial score (nSPS) is 11.0. The average molecular weight is 387 g/mol. The summed E-state index contributed by atoms with van der Waals surface area (Å²) in [5.41, 5.74) is -0.103. The molecule has 5 nitrogen and oxygen atoms in total. The van der Waals surface area contributed by atoms with Crippen molar-refractivity contribution in [2.24, 2.45) is 0 Å². The largest absolute Gasteiger partial charge is 0.497 e. The Labute approximate surface area is 159 Å². The zero-order chi connectivity index (χ0) is 20.1. The summed E-state index contributed by atoms with van der Waals surface area (Å²) in [4.78, 5) is 16.3. The van der Waals surface area contributed by atoms with Crippen LogP contribution in [0.3, 0.4) is 0 Å². The third-order valence-electron chi connectivity index (χ3n) is 3.85. The smallest absolute Gasteiger partial charge is 0.418 e. The highest BCUT2D eigenvalue weighted by Gasteiger charge is 2.33. The molecule has 0 aliphatic rings. The third-order valence-corrected chi connectivity index (χ3v) is 3.85. The first kappa shape index (κ1) is 19.2. The van der Waals surface area contributed by atoms with Gasteiger partial charge in [-0.2, -0.15) is 13.2 Å². The molecule has 1 aromatic heterocycles. The number of alkyl halides is 3. The van der Waals surface area contributed by atoms with Gasteiger partial charge < -0.3 is 15.4 Å². The first-order chi connectivity index (χ1) is 13.4. The standard InChI is InChI=1S/C20H16F3N3O2/c1-28-15-6-4-5-13(11-15)19(27)26-18-10-9-14(12-24-18)25-17-8-3-2-7-16(17)20(21,22)23/h2-12,25H,1H3,(H,24,26,27). The highest BCUT2D eigenvalue weighted by atomic mass is 19.4. The Kier molecular flexibility index (Phi) is 5.49. The van der Waals surface area contributed by atoms with Gasteiger partial charge in [0.15, 0.2) is 0 Å². The van der Waals surface area contributed by atoms with Crippen LogP contribution in [-0.2, 0) is 6.18 Å². The van der Waals surface area contributed by atoms with Gasteiger partial charge in [-0.1, -0.05) is 18.2 Å².